The molecule has 0 saturated heterocycles. The Kier molecular flexibility index (Phi) is 2.79. The summed E-state index contributed by atoms with van der Waals surface area (Å²) in [6.45, 7) is 3.98. The van der Waals surface area contributed by atoms with Crippen molar-refractivity contribution in [3.8, 4) is 11.1 Å². The minimum atomic E-state index is 0.0489. The monoisotopic (exact) mass is 272 g/mol. The molecule has 4 heteroatoms. The predicted octanol–water partition coefficient (Wildman–Crippen LogP) is 3.51. The number of aryl methyl sites for hydroxylation is 2. The SMILES string of the molecule is Cc1cc(-c2c(C)cncc2Cl)cc2c1NC(=O)C2. The molecule has 0 aliphatic carbocycles. The minimum absolute atomic E-state index is 0.0489. The zero-order valence-electron chi connectivity index (χ0n) is 10.7. The van der Waals surface area contributed by atoms with Crippen molar-refractivity contribution in [2.45, 2.75) is 20.3 Å². The molecule has 0 fully saturated rings. The van der Waals surface area contributed by atoms with E-state index >= 15 is 0 Å². The molecule has 1 aromatic carbocycles. The van der Waals surface area contributed by atoms with Gasteiger partial charge in [0.1, 0.15) is 0 Å². The third kappa shape index (κ3) is 2.00. The van der Waals surface area contributed by atoms with E-state index in [1.54, 1.807) is 12.4 Å². The molecule has 96 valence electrons. The molecule has 0 spiro atoms. The van der Waals surface area contributed by atoms with Crippen LogP contribution in [-0.4, -0.2) is 10.9 Å². The fourth-order valence-corrected chi connectivity index (χ4v) is 2.89. The van der Waals surface area contributed by atoms with Crippen LogP contribution in [0.15, 0.2) is 24.5 Å². The van der Waals surface area contributed by atoms with Gasteiger partial charge in [-0.2, -0.15) is 0 Å². The Labute approximate surface area is 116 Å². The molecular formula is C15H13ClN2O. The van der Waals surface area contributed by atoms with Crippen molar-refractivity contribution in [1.82, 2.24) is 4.98 Å². The van der Waals surface area contributed by atoms with E-state index in [-0.39, 0.29) is 5.91 Å². The quantitative estimate of drug-likeness (QED) is 0.863. The van der Waals surface area contributed by atoms with Gasteiger partial charge in [0.05, 0.1) is 11.4 Å². The van der Waals surface area contributed by atoms with Crippen LogP contribution >= 0.6 is 11.6 Å². The average Bonchev–Trinajstić information content (AvgIpc) is 2.70. The number of benzene rings is 1. The molecule has 19 heavy (non-hydrogen) atoms. The second-order valence-electron chi connectivity index (χ2n) is 4.87. The van der Waals surface area contributed by atoms with Gasteiger partial charge in [-0.1, -0.05) is 11.6 Å². The van der Waals surface area contributed by atoms with E-state index in [1.165, 1.54) is 0 Å². The summed E-state index contributed by atoms with van der Waals surface area (Å²) in [5, 5.41) is 3.53. The standard InChI is InChI=1S/C15H13ClN2O/c1-8-3-10(4-11-5-13(19)18-15(8)11)14-9(2)6-17-7-12(14)16/h3-4,6-7H,5H2,1-2H3,(H,18,19). The molecule has 0 saturated carbocycles. The van der Waals surface area contributed by atoms with Gasteiger partial charge in [0.25, 0.3) is 0 Å². The summed E-state index contributed by atoms with van der Waals surface area (Å²) < 4.78 is 0. The van der Waals surface area contributed by atoms with Crippen LogP contribution < -0.4 is 5.32 Å². The highest BCUT2D eigenvalue weighted by atomic mass is 35.5. The first kappa shape index (κ1) is 12.2. The normalized spacial score (nSPS) is 13.3. The van der Waals surface area contributed by atoms with Gasteiger partial charge >= 0.3 is 0 Å². The number of aromatic nitrogens is 1. The van der Waals surface area contributed by atoms with Crippen molar-refractivity contribution in [3.63, 3.8) is 0 Å². The van der Waals surface area contributed by atoms with Crippen molar-refractivity contribution in [2.75, 3.05) is 5.32 Å². The second-order valence-corrected chi connectivity index (χ2v) is 5.27. The summed E-state index contributed by atoms with van der Waals surface area (Å²) in [4.78, 5) is 15.6. The third-order valence-electron chi connectivity index (χ3n) is 3.41. The number of hydrogen-bond acceptors (Lipinski definition) is 2. The van der Waals surface area contributed by atoms with Gasteiger partial charge in [0.15, 0.2) is 0 Å². The summed E-state index contributed by atoms with van der Waals surface area (Å²) in [6.07, 6.45) is 3.88. The van der Waals surface area contributed by atoms with Crippen LogP contribution in [0.5, 0.6) is 0 Å². The molecule has 0 bridgehead atoms. The summed E-state index contributed by atoms with van der Waals surface area (Å²) in [7, 11) is 0. The molecule has 1 aliphatic heterocycles. The Morgan fingerprint density at radius 3 is 2.74 bits per heavy atom. The Morgan fingerprint density at radius 1 is 1.21 bits per heavy atom. The molecule has 0 atom stereocenters. The molecule has 0 unspecified atom stereocenters. The zero-order chi connectivity index (χ0) is 13.6. The van der Waals surface area contributed by atoms with Crippen LogP contribution in [0.25, 0.3) is 11.1 Å². The van der Waals surface area contributed by atoms with Crippen LogP contribution in [0.4, 0.5) is 5.69 Å². The molecule has 1 aromatic heterocycles. The number of carbonyl (C=O) groups excluding carboxylic acids is 1. The number of carbonyl (C=O) groups is 1. The molecule has 2 aromatic rings. The van der Waals surface area contributed by atoms with Gasteiger partial charge in [-0.15, -0.1) is 0 Å². The van der Waals surface area contributed by atoms with Crippen molar-refractivity contribution in [3.05, 3.63) is 46.2 Å². The number of halogens is 1. The number of hydrogen-bond donors (Lipinski definition) is 1. The number of amides is 1. The molecule has 2 heterocycles. The van der Waals surface area contributed by atoms with Gasteiger partial charge in [-0.3, -0.25) is 9.78 Å². The molecule has 0 radical (unpaired) electrons. The predicted molar refractivity (Wildman–Crippen MR) is 76.5 cm³/mol. The van der Waals surface area contributed by atoms with Gasteiger partial charge in [-0.25, -0.2) is 0 Å². The maximum atomic E-state index is 11.5. The van der Waals surface area contributed by atoms with Gasteiger partial charge in [0, 0.05) is 23.6 Å². The summed E-state index contributed by atoms with van der Waals surface area (Å²) in [6, 6.07) is 4.09. The molecular weight excluding hydrogens is 260 g/mol. The van der Waals surface area contributed by atoms with E-state index in [9.17, 15) is 4.79 Å². The van der Waals surface area contributed by atoms with Gasteiger partial charge in [0.2, 0.25) is 5.91 Å². The first-order chi connectivity index (χ1) is 9.06. The molecule has 3 rings (SSSR count). The first-order valence-corrected chi connectivity index (χ1v) is 6.48. The number of rotatable bonds is 1. The highest BCUT2D eigenvalue weighted by molar-refractivity contribution is 6.33. The topological polar surface area (TPSA) is 42.0 Å². The Hall–Kier alpha value is -1.87. The lowest BCUT2D eigenvalue weighted by atomic mass is 9.96. The van der Waals surface area contributed by atoms with Crippen LogP contribution in [0.2, 0.25) is 5.02 Å². The zero-order valence-corrected chi connectivity index (χ0v) is 11.5. The highest BCUT2D eigenvalue weighted by Gasteiger charge is 2.21. The molecule has 3 nitrogen and oxygen atoms in total. The molecule has 1 N–H and O–H groups in total. The second kappa shape index (κ2) is 4.35. The third-order valence-corrected chi connectivity index (χ3v) is 3.70. The lowest BCUT2D eigenvalue weighted by molar-refractivity contribution is -0.115. The minimum Gasteiger partial charge on any atom is -0.325 e. The van der Waals surface area contributed by atoms with Crippen molar-refractivity contribution in [1.29, 1.82) is 0 Å². The fourth-order valence-electron chi connectivity index (χ4n) is 2.58. The smallest absolute Gasteiger partial charge is 0.228 e. The Morgan fingerprint density at radius 2 is 2.00 bits per heavy atom. The summed E-state index contributed by atoms with van der Waals surface area (Å²) in [5.41, 5.74) is 6.10. The van der Waals surface area contributed by atoms with E-state index < -0.39 is 0 Å². The van der Waals surface area contributed by atoms with Crippen LogP contribution in [0.1, 0.15) is 16.7 Å². The van der Waals surface area contributed by atoms with Crippen molar-refractivity contribution in [2.24, 2.45) is 0 Å². The number of nitrogens with zero attached hydrogens (tertiary/aromatic N) is 1. The fraction of sp³-hybridized carbons (Fsp3) is 0.200. The van der Waals surface area contributed by atoms with Crippen molar-refractivity contribution >= 4 is 23.2 Å². The Bertz CT molecular complexity index is 675. The van der Waals surface area contributed by atoms with E-state index in [2.05, 4.69) is 16.4 Å². The number of nitrogens with one attached hydrogen (secondary N) is 1. The van der Waals surface area contributed by atoms with Gasteiger partial charge in [-0.05, 0) is 48.2 Å². The van der Waals surface area contributed by atoms with E-state index in [0.717, 1.165) is 33.5 Å². The highest BCUT2D eigenvalue weighted by Crippen LogP contribution is 2.36. The summed E-state index contributed by atoms with van der Waals surface area (Å²) >= 11 is 6.25. The first-order valence-electron chi connectivity index (χ1n) is 6.10. The number of pyridine rings is 1. The lowest BCUT2D eigenvalue weighted by Gasteiger charge is -2.11. The summed E-state index contributed by atoms with van der Waals surface area (Å²) in [5.74, 6) is 0.0489. The number of fused-ring (bicyclic) bond motifs is 1. The maximum absolute atomic E-state index is 11.5. The lowest BCUT2D eigenvalue weighted by Crippen LogP contribution is -2.04. The number of anilines is 1. The average molecular weight is 273 g/mol. The maximum Gasteiger partial charge on any atom is 0.228 e. The molecule has 1 amide bonds. The van der Waals surface area contributed by atoms with Crippen LogP contribution in [0, 0.1) is 13.8 Å². The Balaban J connectivity index is 2.21. The van der Waals surface area contributed by atoms with E-state index in [1.807, 2.05) is 19.9 Å². The van der Waals surface area contributed by atoms with Crippen molar-refractivity contribution < 1.29 is 4.79 Å². The van der Waals surface area contributed by atoms with Crippen LogP contribution in [-0.2, 0) is 11.2 Å². The van der Waals surface area contributed by atoms with Gasteiger partial charge < -0.3 is 5.32 Å². The largest absolute Gasteiger partial charge is 0.325 e. The van der Waals surface area contributed by atoms with E-state index in [4.69, 9.17) is 11.6 Å². The van der Waals surface area contributed by atoms with E-state index in [0.29, 0.717) is 11.4 Å². The van der Waals surface area contributed by atoms with Crippen LogP contribution in [0.3, 0.4) is 0 Å². The molecule has 1 aliphatic rings.